The Hall–Kier alpha value is -2.74. The molecule has 0 aliphatic carbocycles. The van der Waals surface area contributed by atoms with Gasteiger partial charge in [0.05, 0.1) is 13.7 Å². The highest BCUT2D eigenvalue weighted by atomic mass is 16.5. The van der Waals surface area contributed by atoms with Crippen LogP contribution in [0, 0.1) is 11.3 Å². The molecule has 23 heavy (non-hydrogen) atoms. The molecule has 0 bridgehead atoms. The van der Waals surface area contributed by atoms with Crippen LogP contribution >= 0.6 is 0 Å². The Labute approximate surface area is 136 Å². The number of ether oxygens (including phenoxy) is 3. The van der Waals surface area contributed by atoms with Gasteiger partial charge in [0.25, 0.3) is 0 Å². The van der Waals surface area contributed by atoms with Gasteiger partial charge in [0.2, 0.25) is 0 Å². The number of unbranched alkanes of at least 4 members (excludes halogenated alkanes) is 1. The second-order valence-electron chi connectivity index (χ2n) is 4.67. The van der Waals surface area contributed by atoms with Crippen molar-refractivity contribution in [3.8, 4) is 17.6 Å². The minimum absolute atomic E-state index is 0.0609. The lowest BCUT2D eigenvalue weighted by Crippen LogP contribution is -2.06. The topological polar surface area (TPSA) is 68.6 Å². The molecular formula is C18H21NO4. The number of esters is 1. The van der Waals surface area contributed by atoms with Gasteiger partial charge in [-0.2, -0.15) is 5.26 Å². The molecule has 1 aromatic carbocycles. The zero-order valence-electron chi connectivity index (χ0n) is 13.5. The average Bonchev–Trinajstić information content (AvgIpc) is 2.58. The summed E-state index contributed by atoms with van der Waals surface area (Å²) in [4.78, 5) is 11.7. The summed E-state index contributed by atoms with van der Waals surface area (Å²) in [5, 5.41) is 9.08. The lowest BCUT2D eigenvalue weighted by molar-refractivity contribution is -0.137. The molecule has 1 rings (SSSR count). The smallest absolute Gasteiger partial charge is 0.349 e. The Morgan fingerprint density at radius 1 is 1.39 bits per heavy atom. The fraction of sp³-hybridized carbons (Fsp3) is 0.333. The summed E-state index contributed by atoms with van der Waals surface area (Å²) in [6, 6.07) is 7.05. The van der Waals surface area contributed by atoms with E-state index in [0.29, 0.717) is 23.7 Å². The molecule has 0 atom stereocenters. The first-order chi connectivity index (χ1) is 11.2. The maximum absolute atomic E-state index is 11.7. The van der Waals surface area contributed by atoms with Gasteiger partial charge < -0.3 is 14.2 Å². The van der Waals surface area contributed by atoms with E-state index in [0.717, 1.165) is 12.8 Å². The van der Waals surface area contributed by atoms with Crippen LogP contribution in [-0.4, -0.2) is 26.3 Å². The Morgan fingerprint density at radius 2 is 2.17 bits per heavy atom. The van der Waals surface area contributed by atoms with Crippen molar-refractivity contribution < 1.29 is 19.0 Å². The molecule has 0 spiro atoms. The lowest BCUT2D eigenvalue weighted by Gasteiger charge is -2.11. The van der Waals surface area contributed by atoms with Crippen LogP contribution in [0.15, 0.2) is 36.4 Å². The van der Waals surface area contributed by atoms with E-state index in [1.54, 1.807) is 25.3 Å². The first-order valence-electron chi connectivity index (χ1n) is 7.36. The molecule has 0 fully saturated rings. The van der Waals surface area contributed by atoms with Crippen molar-refractivity contribution in [1.29, 1.82) is 5.26 Å². The molecule has 122 valence electrons. The SMILES string of the molecule is C=CCOC(=O)/C(C#N)=C\c1ccc(OCCCC)c(OC)c1. The van der Waals surface area contributed by atoms with Crippen LogP contribution in [0.1, 0.15) is 25.3 Å². The van der Waals surface area contributed by atoms with Gasteiger partial charge in [-0.15, -0.1) is 0 Å². The highest BCUT2D eigenvalue weighted by Crippen LogP contribution is 2.29. The second-order valence-corrected chi connectivity index (χ2v) is 4.67. The summed E-state index contributed by atoms with van der Waals surface area (Å²) >= 11 is 0. The number of carbonyl (C=O) groups is 1. The molecule has 0 heterocycles. The van der Waals surface area contributed by atoms with E-state index in [9.17, 15) is 4.79 Å². The molecule has 0 aliphatic rings. The standard InChI is InChI=1S/C18H21NO4/c1-4-6-10-22-16-8-7-14(12-17(16)21-3)11-15(13-19)18(20)23-9-5-2/h5,7-8,11-12H,2,4,6,9-10H2,1,3H3/b15-11-. The molecule has 0 saturated carbocycles. The van der Waals surface area contributed by atoms with Crippen LogP contribution in [0.5, 0.6) is 11.5 Å². The van der Waals surface area contributed by atoms with Crippen LogP contribution in [0.3, 0.4) is 0 Å². The molecule has 0 saturated heterocycles. The van der Waals surface area contributed by atoms with Gasteiger partial charge in [0.1, 0.15) is 18.2 Å². The molecule has 5 heteroatoms. The van der Waals surface area contributed by atoms with E-state index >= 15 is 0 Å². The third-order valence-electron chi connectivity index (χ3n) is 2.93. The van der Waals surface area contributed by atoms with Gasteiger partial charge in [-0.05, 0) is 30.2 Å². The summed E-state index contributed by atoms with van der Waals surface area (Å²) in [6.07, 6.45) is 4.89. The molecule has 5 nitrogen and oxygen atoms in total. The zero-order valence-corrected chi connectivity index (χ0v) is 13.5. The Bertz CT molecular complexity index is 614. The molecule has 0 N–H and O–H groups in total. The number of rotatable bonds is 9. The van der Waals surface area contributed by atoms with Crippen molar-refractivity contribution in [2.45, 2.75) is 19.8 Å². The van der Waals surface area contributed by atoms with E-state index in [1.165, 1.54) is 12.2 Å². The quantitative estimate of drug-likeness (QED) is 0.229. The molecule has 0 amide bonds. The Balaban J connectivity index is 2.95. The summed E-state index contributed by atoms with van der Waals surface area (Å²) in [5.74, 6) is 0.493. The number of methoxy groups -OCH3 is 1. The lowest BCUT2D eigenvalue weighted by atomic mass is 10.1. The predicted molar refractivity (Wildman–Crippen MR) is 88.1 cm³/mol. The van der Waals surface area contributed by atoms with E-state index in [1.807, 2.05) is 6.07 Å². The number of hydrogen-bond donors (Lipinski definition) is 0. The van der Waals surface area contributed by atoms with Gasteiger partial charge in [-0.1, -0.05) is 32.1 Å². The third-order valence-corrected chi connectivity index (χ3v) is 2.93. The third kappa shape index (κ3) is 5.87. The molecule has 0 aromatic heterocycles. The van der Waals surface area contributed by atoms with Gasteiger partial charge in [-0.25, -0.2) is 4.79 Å². The van der Waals surface area contributed by atoms with Crippen LogP contribution in [0.2, 0.25) is 0 Å². The van der Waals surface area contributed by atoms with Gasteiger partial charge in [0, 0.05) is 0 Å². The van der Waals surface area contributed by atoms with Crippen molar-refractivity contribution in [2.24, 2.45) is 0 Å². The number of hydrogen-bond acceptors (Lipinski definition) is 5. The Kier molecular flexibility index (Phi) is 8.01. The number of benzene rings is 1. The number of nitrogens with zero attached hydrogens (tertiary/aromatic N) is 1. The number of carbonyl (C=O) groups excluding carboxylic acids is 1. The monoisotopic (exact) mass is 315 g/mol. The molecular weight excluding hydrogens is 294 g/mol. The normalized spacial score (nSPS) is 10.6. The van der Waals surface area contributed by atoms with E-state index in [-0.39, 0.29) is 12.2 Å². The first-order valence-corrected chi connectivity index (χ1v) is 7.36. The van der Waals surface area contributed by atoms with Crippen molar-refractivity contribution in [3.05, 3.63) is 42.0 Å². The average molecular weight is 315 g/mol. The van der Waals surface area contributed by atoms with Crippen LogP contribution in [0.4, 0.5) is 0 Å². The van der Waals surface area contributed by atoms with Crippen LogP contribution in [0.25, 0.3) is 6.08 Å². The van der Waals surface area contributed by atoms with E-state index < -0.39 is 5.97 Å². The predicted octanol–water partition coefficient (Wildman–Crippen LogP) is 3.51. The molecule has 0 aliphatic heterocycles. The van der Waals surface area contributed by atoms with Crippen LogP contribution in [-0.2, 0) is 9.53 Å². The highest BCUT2D eigenvalue weighted by Gasteiger charge is 2.11. The molecule has 1 aromatic rings. The second kappa shape index (κ2) is 10.1. The minimum atomic E-state index is -0.686. The summed E-state index contributed by atoms with van der Waals surface area (Å²) in [6.45, 7) is 6.21. The van der Waals surface area contributed by atoms with Crippen molar-refractivity contribution in [2.75, 3.05) is 20.3 Å². The summed E-state index contributed by atoms with van der Waals surface area (Å²) in [5.41, 5.74) is 0.561. The van der Waals surface area contributed by atoms with Crippen molar-refractivity contribution in [1.82, 2.24) is 0 Å². The maximum Gasteiger partial charge on any atom is 0.349 e. The van der Waals surface area contributed by atoms with Gasteiger partial charge in [-0.3, -0.25) is 0 Å². The van der Waals surface area contributed by atoms with Crippen molar-refractivity contribution >= 4 is 12.0 Å². The highest BCUT2D eigenvalue weighted by molar-refractivity contribution is 5.98. The number of nitriles is 1. The van der Waals surface area contributed by atoms with E-state index in [2.05, 4.69) is 13.5 Å². The summed E-state index contributed by atoms with van der Waals surface area (Å²) < 4.78 is 15.8. The molecule has 0 radical (unpaired) electrons. The van der Waals surface area contributed by atoms with Gasteiger partial charge in [0.15, 0.2) is 11.5 Å². The Morgan fingerprint density at radius 3 is 2.78 bits per heavy atom. The minimum Gasteiger partial charge on any atom is -0.493 e. The van der Waals surface area contributed by atoms with E-state index in [4.69, 9.17) is 19.5 Å². The molecule has 0 unspecified atom stereocenters. The first kappa shape index (κ1) is 18.3. The van der Waals surface area contributed by atoms with Crippen LogP contribution < -0.4 is 9.47 Å². The fourth-order valence-corrected chi connectivity index (χ4v) is 1.74. The zero-order chi connectivity index (χ0) is 17.1. The van der Waals surface area contributed by atoms with Gasteiger partial charge >= 0.3 is 5.97 Å². The fourth-order valence-electron chi connectivity index (χ4n) is 1.74. The largest absolute Gasteiger partial charge is 0.493 e. The van der Waals surface area contributed by atoms with Crippen molar-refractivity contribution in [3.63, 3.8) is 0 Å². The maximum atomic E-state index is 11.7. The summed E-state index contributed by atoms with van der Waals surface area (Å²) in [7, 11) is 1.54.